The summed E-state index contributed by atoms with van der Waals surface area (Å²) in [6.07, 6.45) is 78.4. The van der Waals surface area contributed by atoms with E-state index in [9.17, 15) is 19.8 Å². The summed E-state index contributed by atoms with van der Waals surface area (Å²) < 4.78 is 5.50. The molecule has 0 saturated carbocycles. The molecule has 0 rings (SSSR count). The van der Waals surface area contributed by atoms with Crippen LogP contribution in [-0.2, 0) is 14.3 Å². The first-order valence-corrected chi connectivity index (χ1v) is 34.0. The van der Waals surface area contributed by atoms with Gasteiger partial charge in [0.05, 0.1) is 25.4 Å². The number of rotatable bonds is 64. The second kappa shape index (κ2) is 64.1. The van der Waals surface area contributed by atoms with Crippen molar-refractivity contribution < 1.29 is 24.5 Å². The summed E-state index contributed by atoms with van der Waals surface area (Å²) in [6, 6.07) is -0.635. The number of carbonyl (C=O) groups is 2. The van der Waals surface area contributed by atoms with Gasteiger partial charge in [0.1, 0.15) is 0 Å². The highest BCUT2D eigenvalue weighted by Gasteiger charge is 2.18. The van der Waals surface area contributed by atoms with Crippen LogP contribution in [0.2, 0.25) is 0 Å². The highest BCUT2D eigenvalue weighted by atomic mass is 16.5. The lowest BCUT2D eigenvalue weighted by atomic mass is 10.0. The van der Waals surface area contributed by atoms with Gasteiger partial charge >= 0.3 is 5.97 Å². The van der Waals surface area contributed by atoms with Crippen molar-refractivity contribution in [3.63, 3.8) is 0 Å². The second-order valence-electron chi connectivity index (χ2n) is 23.5. The molecule has 6 nitrogen and oxygen atoms in total. The van der Waals surface area contributed by atoms with Crippen LogP contribution in [0.25, 0.3) is 0 Å². The van der Waals surface area contributed by atoms with Crippen molar-refractivity contribution in [1.29, 1.82) is 0 Å². The minimum Gasteiger partial charge on any atom is -0.466 e. The lowest BCUT2D eigenvalue weighted by molar-refractivity contribution is -0.143. The van der Waals surface area contributed by atoms with Gasteiger partial charge in [-0.2, -0.15) is 0 Å². The maximum atomic E-state index is 12.5. The summed E-state index contributed by atoms with van der Waals surface area (Å²) in [5, 5.41) is 23.3. The standard InChI is InChI=1S/C68H133NO5/c1-3-5-7-9-11-13-15-17-19-21-22-23-24-25-26-27-28-30-32-36-40-44-48-52-56-60-66(71)65(64-70)69-67(72)61-57-53-49-45-41-37-33-31-35-39-43-47-51-55-59-63-74-68(73)62-58-54-50-46-42-38-34-29-20-18-16-14-12-10-8-6-4-2/h56,60,65-66,70-71H,3-55,57-59,61-64H2,1-2H3,(H,69,72)/b60-56+. The number of ether oxygens (including phenoxy) is 1. The quantitative estimate of drug-likeness (QED) is 0.0320. The van der Waals surface area contributed by atoms with E-state index in [-0.39, 0.29) is 18.5 Å². The molecule has 440 valence electrons. The van der Waals surface area contributed by atoms with Crippen molar-refractivity contribution in [2.45, 2.75) is 398 Å². The molecule has 0 aliphatic heterocycles. The first-order valence-electron chi connectivity index (χ1n) is 34.0. The Balaban J connectivity index is 3.43. The van der Waals surface area contributed by atoms with E-state index in [1.807, 2.05) is 6.08 Å². The summed E-state index contributed by atoms with van der Waals surface area (Å²) in [5.41, 5.74) is 0. The first kappa shape index (κ1) is 72.6. The fourth-order valence-corrected chi connectivity index (χ4v) is 10.9. The number of allylic oxidation sites excluding steroid dienone is 1. The second-order valence-corrected chi connectivity index (χ2v) is 23.5. The number of aliphatic hydroxyl groups is 2. The Morgan fingerprint density at radius 2 is 0.622 bits per heavy atom. The van der Waals surface area contributed by atoms with Crippen LogP contribution >= 0.6 is 0 Å². The summed E-state index contributed by atoms with van der Waals surface area (Å²) in [7, 11) is 0. The Morgan fingerprint density at radius 1 is 0.365 bits per heavy atom. The zero-order chi connectivity index (χ0) is 53.6. The van der Waals surface area contributed by atoms with Crippen LogP contribution < -0.4 is 5.32 Å². The highest BCUT2D eigenvalue weighted by Crippen LogP contribution is 2.19. The molecule has 0 bridgehead atoms. The molecule has 1 amide bonds. The van der Waals surface area contributed by atoms with Crippen molar-refractivity contribution in [3.8, 4) is 0 Å². The normalized spacial score (nSPS) is 12.5. The molecule has 0 radical (unpaired) electrons. The van der Waals surface area contributed by atoms with Crippen molar-refractivity contribution in [2.75, 3.05) is 13.2 Å². The largest absolute Gasteiger partial charge is 0.466 e. The van der Waals surface area contributed by atoms with Crippen molar-refractivity contribution >= 4 is 11.9 Å². The van der Waals surface area contributed by atoms with E-state index in [1.165, 1.54) is 315 Å². The molecule has 0 aliphatic carbocycles. The summed E-state index contributed by atoms with van der Waals surface area (Å²) in [6.45, 7) is 4.93. The Kier molecular flexibility index (Phi) is 62.9. The number of unbranched alkanes of at least 4 members (excludes halogenated alkanes) is 53. The highest BCUT2D eigenvalue weighted by molar-refractivity contribution is 5.76. The molecule has 0 aliphatic rings. The number of amides is 1. The average molecular weight is 1040 g/mol. The van der Waals surface area contributed by atoms with E-state index in [2.05, 4.69) is 19.2 Å². The lowest BCUT2D eigenvalue weighted by Gasteiger charge is -2.20. The van der Waals surface area contributed by atoms with E-state index in [1.54, 1.807) is 6.08 Å². The molecule has 3 N–H and O–H groups in total. The minimum absolute atomic E-state index is 0.00491. The molecular formula is C68H133NO5. The molecular weight excluding hydrogens is 911 g/mol. The van der Waals surface area contributed by atoms with Gasteiger partial charge in [0, 0.05) is 12.8 Å². The summed E-state index contributed by atoms with van der Waals surface area (Å²) in [4.78, 5) is 24.6. The monoisotopic (exact) mass is 1040 g/mol. The van der Waals surface area contributed by atoms with Gasteiger partial charge in [0.15, 0.2) is 0 Å². The zero-order valence-electron chi connectivity index (χ0n) is 50.4. The van der Waals surface area contributed by atoms with Gasteiger partial charge in [-0.3, -0.25) is 9.59 Å². The number of nitrogens with one attached hydrogen (secondary N) is 1. The molecule has 0 spiro atoms. The molecule has 2 unspecified atom stereocenters. The van der Waals surface area contributed by atoms with Crippen LogP contribution in [0.15, 0.2) is 12.2 Å². The SMILES string of the molecule is CCCCCCCCCCCCCCCCCCCCCCCCC/C=C/C(O)C(CO)NC(=O)CCCCCCCCCCCCCCCCCOC(=O)CCCCCCCCCCCCCCCCCCC. The molecule has 2 atom stereocenters. The lowest BCUT2D eigenvalue weighted by Crippen LogP contribution is -2.45. The number of carbonyl (C=O) groups excluding carboxylic acids is 2. The van der Waals surface area contributed by atoms with Crippen molar-refractivity contribution in [2.24, 2.45) is 0 Å². The fourth-order valence-electron chi connectivity index (χ4n) is 10.9. The van der Waals surface area contributed by atoms with E-state index in [0.717, 1.165) is 44.9 Å². The molecule has 6 heteroatoms. The predicted molar refractivity (Wildman–Crippen MR) is 324 cm³/mol. The number of hydrogen-bond donors (Lipinski definition) is 3. The van der Waals surface area contributed by atoms with E-state index in [0.29, 0.717) is 19.4 Å². The molecule has 0 fully saturated rings. The summed E-state index contributed by atoms with van der Waals surface area (Å²) >= 11 is 0. The number of hydrogen-bond acceptors (Lipinski definition) is 5. The Hall–Kier alpha value is -1.40. The van der Waals surface area contributed by atoms with Gasteiger partial charge < -0.3 is 20.3 Å². The third-order valence-electron chi connectivity index (χ3n) is 16.1. The molecule has 0 aromatic carbocycles. The molecule has 0 heterocycles. The van der Waals surface area contributed by atoms with Crippen LogP contribution in [0.3, 0.4) is 0 Å². The third kappa shape index (κ3) is 59.8. The maximum Gasteiger partial charge on any atom is 0.305 e. The molecule has 0 saturated heterocycles. The summed E-state index contributed by atoms with van der Waals surface area (Å²) in [5.74, 6) is -0.0664. The van der Waals surface area contributed by atoms with E-state index < -0.39 is 12.1 Å². The van der Waals surface area contributed by atoms with Crippen molar-refractivity contribution in [3.05, 3.63) is 12.2 Å². The van der Waals surface area contributed by atoms with Crippen LogP contribution in [0.4, 0.5) is 0 Å². The zero-order valence-corrected chi connectivity index (χ0v) is 50.4. The van der Waals surface area contributed by atoms with Crippen LogP contribution in [-0.4, -0.2) is 47.4 Å². The first-order chi connectivity index (χ1) is 36.5. The van der Waals surface area contributed by atoms with Gasteiger partial charge in [-0.1, -0.05) is 353 Å². The maximum absolute atomic E-state index is 12.5. The Morgan fingerprint density at radius 3 is 0.919 bits per heavy atom. The third-order valence-corrected chi connectivity index (χ3v) is 16.1. The van der Waals surface area contributed by atoms with Crippen LogP contribution in [0.5, 0.6) is 0 Å². The number of esters is 1. The van der Waals surface area contributed by atoms with Crippen LogP contribution in [0, 0.1) is 0 Å². The Bertz CT molecular complexity index is 1110. The van der Waals surface area contributed by atoms with Gasteiger partial charge in [-0.15, -0.1) is 0 Å². The average Bonchev–Trinajstić information content (AvgIpc) is 3.40. The molecule has 0 aromatic rings. The smallest absolute Gasteiger partial charge is 0.305 e. The van der Waals surface area contributed by atoms with Gasteiger partial charge in [0.25, 0.3) is 0 Å². The van der Waals surface area contributed by atoms with E-state index >= 15 is 0 Å². The van der Waals surface area contributed by atoms with Gasteiger partial charge in [-0.05, 0) is 32.1 Å². The van der Waals surface area contributed by atoms with Crippen LogP contribution in [0.1, 0.15) is 386 Å². The number of aliphatic hydroxyl groups excluding tert-OH is 2. The van der Waals surface area contributed by atoms with Gasteiger partial charge in [0.2, 0.25) is 5.91 Å². The predicted octanol–water partition coefficient (Wildman–Crippen LogP) is 21.6. The fraction of sp³-hybridized carbons (Fsp3) is 0.941. The molecule has 74 heavy (non-hydrogen) atoms. The Labute approximate surface area is 463 Å². The van der Waals surface area contributed by atoms with Gasteiger partial charge in [-0.25, -0.2) is 0 Å². The minimum atomic E-state index is -0.851. The molecule has 0 aromatic heterocycles. The topological polar surface area (TPSA) is 95.9 Å². The van der Waals surface area contributed by atoms with Crippen molar-refractivity contribution in [1.82, 2.24) is 5.32 Å². The van der Waals surface area contributed by atoms with E-state index in [4.69, 9.17) is 4.74 Å².